The van der Waals surface area contributed by atoms with Gasteiger partial charge in [-0.1, -0.05) is 146 Å². The van der Waals surface area contributed by atoms with E-state index in [1.54, 1.807) is 0 Å². The lowest BCUT2D eigenvalue weighted by Crippen LogP contribution is -2.11. The van der Waals surface area contributed by atoms with Gasteiger partial charge in [0, 0.05) is 5.56 Å². The molecule has 2 atom stereocenters. The van der Waals surface area contributed by atoms with Gasteiger partial charge in [-0.15, -0.1) is 0 Å². The third kappa shape index (κ3) is 8.23. The van der Waals surface area contributed by atoms with Crippen LogP contribution in [0.15, 0.2) is 42.5 Å². The minimum Gasteiger partial charge on any atom is -0.425 e. The molecular weight excluding hydrogens is 428 g/mol. The van der Waals surface area contributed by atoms with Crippen molar-refractivity contribution in [1.82, 2.24) is 0 Å². The Morgan fingerprint density at radius 3 is 1.86 bits per heavy atom. The van der Waals surface area contributed by atoms with E-state index in [4.69, 9.17) is 4.74 Å². The van der Waals surface area contributed by atoms with E-state index in [1.165, 1.54) is 95.5 Å². The van der Waals surface area contributed by atoms with Gasteiger partial charge in [-0.05, 0) is 36.0 Å². The summed E-state index contributed by atoms with van der Waals surface area (Å²) >= 11 is 0. The van der Waals surface area contributed by atoms with Crippen molar-refractivity contribution in [2.24, 2.45) is 0 Å². The number of esters is 1. The molecule has 2 unspecified atom stereocenters. The average Bonchev–Trinajstić information content (AvgIpc) is 3.22. The maximum Gasteiger partial charge on any atom is 0.323 e. The highest BCUT2D eigenvalue weighted by atomic mass is 16.5. The third-order valence-electron chi connectivity index (χ3n) is 7.83. The van der Waals surface area contributed by atoms with Crippen LogP contribution in [0.1, 0.15) is 144 Å². The van der Waals surface area contributed by atoms with Crippen molar-refractivity contribution >= 4 is 5.97 Å². The first-order valence-electron chi connectivity index (χ1n) is 14.5. The fourth-order valence-corrected chi connectivity index (χ4v) is 5.60. The van der Waals surface area contributed by atoms with Gasteiger partial charge in [0.25, 0.3) is 0 Å². The Morgan fingerprint density at radius 2 is 1.29 bits per heavy atom. The van der Waals surface area contributed by atoms with E-state index in [0.717, 1.165) is 28.9 Å². The zero-order chi connectivity index (χ0) is 24.9. The lowest BCUT2D eigenvalue weighted by Gasteiger charge is -2.17. The van der Waals surface area contributed by atoms with Gasteiger partial charge in [-0.25, -0.2) is 0 Å². The summed E-state index contributed by atoms with van der Waals surface area (Å²) in [5.41, 5.74) is 4.45. The number of benzene rings is 2. The van der Waals surface area contributed by atoms with Gasteiger partial charge >= 0.3 is 5.97 Å². The molecule has 1 aliphatic rings. The number of ether oxygens (including phenoxy) is 1. The molecule has 0 bridgehead atoms. The predicted molar refractivity (Wildman–Crippen MR) is 148 cm³/mol. The number of hydrogen-bond acceptors (Lipinski definition) is 2. The van der Waals surface area contributed by atoms with E-state index in [-0.39, 0.29) is 11.9 Å². The Balaban J connectivity index is 1.36. The quantitative estimate of drug-likeness (QED) is 0.129. The second-order valence-corrected chi connectivity index (χ2v) is 10.8. The summed E-state index contributed by atoms with van der Waals surface area (Å²) in [7, 11) is 0. The lowest BCUT2D eigenvalue weighted by atomic mass is 9.85. The third-order valence-corrected chi connectivity index (χ3v) is 7.83. The number of carbonyl (C=O) groups is 1. The van der Waals surface area contributed by atoms with Crippen molar-refractivity contribution in [3.63, 3.8) is 0 Å². The monoisotopic (exact) mass is 476 g/mol. The summed E-state index contributed by atoms with van der Waals surface area (Å²) in [6, 6.07) is 14.4. The van der Waals surface area contributed by atoms with Crippen LogP contribution in [0.25, 0.3) is 0 Å². The van der Waals surface area contributed by atoms with Gasteiger partial charge in [0.05, 0.1) is 0 Å². The van der Waals surface area contributed by atoms with E-state index in [0.29, 0.717) is 5.92 Å². The number of fused-ring (bicyclic) bond motifs is 1. The molecule has 2 aromatic carbocycles. The van der Waals surface area contributed by atoms with Gasteiger partial charge in [-0.3, -0.25) is 4.79 Å². The van der Waals surface area contributed by atoms with Crippen molar-refractivity contribution in [3.8, 4) is 5.75 Å². The molecule has 0 radical (unpaired) electrons. The number of unbranched alkanes of at least 4 members (excludes halogenated alkanes) is 13. The standard InChI is InChI=1S/C33H48O2/c1-4-5-6-7-8-9-10-11-12-13-14-15-16-18-21-26(2)29-25-24-27(3)30-31(33(34)35-32(29)30)28-22-19-17-20-23-28/h17,19-20,22-26,31H,4-16,18,21H2,1-3H3. The number of carbonyl (C=O) groups excluding carboxylic acids is 1. The Bertz CT molecular complexity index is 885. The first kappa shape index (κ1) is 27.5. The largest absolute Gasteiger partial charge is 0.425 e. The SMILES string of the molecule is CCCCCCCCCCCCCCCCC(C)c1ccc(C)c2c1OC(=O)C2c1ccccc1. The summed E-state index contributed by atoms with van der Waals surface area (Å²) < 4.78 is 5.89. The summed E-state index contributed by atoms with van der Waals surface area (Å²) in [5, 5.41) is 0. The van der Waals surface area contributed by atoms with E-state index in [9.17, 15) is 4.79 Å². The molecule has 2 aromatic rings. The Hall–Kier alpha value is -2.09. The minimum absolute atomic E-state index is 0.134. The van der Waals surface area contributed by atoms with Gasteiger partial charge in [-0.2, -0.15) is 0 Å². The zero-order valence-corrected chi connectivity index (χ0v) is 22.6. The molecule has 0 spiro atoms. The van der Waals surface area contributed by atoms with Crippen LogP contribution < -0.4 is 4.74 Å². The number of hydrogen-bond donors (Lipinski definition) is 0. The maximum atomic E-state index is 12.8. The molecule has 1 heterocycles. The molecule has 2 heteroatoms. The molecule has 0 saturated carbocycles. The van der Waals surface area contributed by atoms with E-state index in [2.05, 4.69) is 32.9 Å². The molecule has 192 valence electrons. The van der Waals surface area contributed by atoms with Crippen LogP contribution in [0.4, 0.5) is 0 Å². The van der Waals surface area contributed by atoms with Crippen molar-refractivity contribution in [2.75, 3.05) is 0 Å². The molecule has 0 aliphatic carbocycles. The van der Waals surface area contributed by atoms with Crippen LogP contribution >= 0.6 is 0 Å². The predicted octanol–water partition coefficient (Wildman–Crippen LogP) is 10.0. The maximum absolute atomic E-state index is 12.8. The molecule has 3 rings (SSSR count). The van der Waals surface area contributed by atoms with Gasteiger partial charge < -0.3 is 4.74 Å². The first-order chi connectivity index (χ1) is 17.1. The van der Waals surface area contributed by atoms with Crippen molar-refractivity contribution in [2.45, 2.75) is 129 Å². The Labute approximate surface area is 214 Å². The van der Waals surface area contributed by atoms with E-state index >= 15 is 0 Å². The molecule has 0 saturated heterocycles. The van der Waals surface area contributed by atoms with Crippen LogP contribution in [-0.2, 0) is 4.79 Å². The highest BCUT2D eigenvalue weighted by Gasteiger charge is 2.37. The van der Waals surface area contributed by atoms with Crippen molar-refractivity contribution in [1.29, 1.82) is 0 Å². The molecule has 0 N–H and O–H groups in total. The topological polar surface area (TPSA) is 26.3 Å². The fraction of sp³-hybridized carbons (Fsp3) is 0.606. The summed E-state index contributed by atoms with van der Waals surface area (Å²) in [6.07, 6.45) is 20.6. The highest BCUT2D eigenvalue weighted by molar-refractivity contribution is 5.90. The van der Waals surface area contributed by atoms with Crippen LogP contribution in [0.5, 0.6) is 5.75 Å². The average molecular weight is 477 g/mol. The summed E-state index contributed by atoms with van der Waals surface area (Å²) in [5.74, 6) is 0.815. The summed E-state index contributed by atoms with van der Waals surface area (Å²) in [4.78, 5) is 12.8. The fourth-order valence-electron chi connectivity index (χ4n) is 5.60. The van der Waals surface area contributed by atoms with Crippen molar-refractivity contribution in [3.05, 3.63) is 64.7 Å². The Kier molecular flexibility index (Phi) is 11.9. The molecule has 0 aromatic heterocycles. The van der Waals surface area contributed by atoms with Crippen molar-refractivity contribution < 1.29 is 9.53 Å². The van der Waals surface area contributed by atoms with Crippen LogP contribution in [0.3, 0.4) is 0 Å². The highest BCUT2D eigenvalue weighted by Crippen LogP contribution is 2.46. The molecule has 2 nitrogen and oxygen atoms in total. The van der Waals surface area contributed by atoms with Crippen LogP contribution in [0.2, 0.25) is 0 Å². The van der Waals surface area contributed by atoms with E-state index in [1.807, 2.05) is 30.3 Å². The normalized spacial score (nSPS) is 15.7. The molecular formula is C33H48O2. The van der Waals surface area contributed by atoms with Gasteiger partial charge in [0.1, 0.15) is 11.7 Å². The number of rotatable bonds is 17. The molecule has 1 aliphatic heterocycles. The van der Waals surface area contributed by atoms with Gasteiger partial charge in [0.2, 0.25) is 0 Å². The lowest BCUT2D eigenvalue weighted by molar-refractivity contribution is -0.133. The zero-order valence-electron chi connectivity index (χ0n) is 22.6. The van der Waals surface area contributed by atoms with E-state index < -0.39 is 0 Å². The van der Waals surface area contributed by atoms with Crippen LogP contribution in [0, 0.1) is 6.92 Å². The summed E-state index contributed by atoms with van der Waals surface area (Å²) in [6.45, 7) is 6.67. The molecule has 35 heavy (non-hydrogen) atoms. The second kappa shape index (κ2) is 15.1. The van der Waals surface area contributed by atoms with Gasteiger partial charge in [0.15, 0.2) is 0 Å². The molecule has 0 fully saturated rings. The first-order valence-corrected chi connectivity index (χ1v) is 14.5. The van der Waals surface area contributed by atoms with Crippen LogP contribution in [-0.4, -0.2) is 5.97 Å². The Morgan fingerprint density at radius 1 is 0.743 bits per heavy atom. The number of aryl methyl sites for hydroxylation is 1. The smallest absolute Gasteiger partial charge is 0.323 e. The molecule has 0 amide bonds. The minimum atomic E-state index is -0.292. The second-order valence-electron chi connectivity index (χ2n) is 10.8.